The molecule has 0 aliphatic heterocycles. The van der Waals surface area contributed by atoms with Crippen LogP contribution in [-0.4, -0.2) is 9.97 Å². The van der Waals surface area contributed by atoms with Crippen LogP contribution in [0.15, 0.2) is 41.0 Å². The highest BCUT2D eigenvalue weighted by Gasteiger charge is 2.11. The topological polar surface area (TPSA) is 62.7 Å². The van der Waals surface area contributed by atoms with E-state index in [-0.39, 0.29) is 0 Å². The number of para-hydroxylation sites is 1. The van der Waals surface area contributed by atoms with E-state index in [1.165, 1.54) is 0 Å². The maximum Gasteiger partial charge on any atom is 0.191 e. The number of hydrogen-bond acceptors (Lipinski definition) is 4. The summed E-state index contributed by atoms with van der Waals surface area (Å²) in [6, 6.07) is 11.7. The number of pyridine rings is 1. The molecule has 86 valence electrons. The number of rotatable bonds is 1. The maximum atomic E-state index is 9.18. The van der Waals surface area contributed by atoms with Crippen LogP contribution in [0.3, 0.4) is 0 Å². The van der Waals surface area contributed by atoms with Crippen molar-refractivity contribution in [3.05, 3.63) is 48.2 Å². The van der Waals surface area contributed by atoms with Gasteiger partial charge in [-0.15, -0.1) is 0 Å². The molecule has 4 heteroatoms. The summed E-state index contributed by atoms with van der Waals surface area (Å²) in [5.41, 5.74) is 2.51. The Balaban J connectivity index is 2.31. The monoisotopic (exact) mass is 235 g/mol. The van der Waals surface area contributed by atoms with Gasteiger partial charge in [0, 0.05) is 17.9 Å². The minimum Gasteiger partial charge on any atom is -0.449 e. The fourth-order valence-electron chi connectivity index (χ4n) is 1.88. The second kappa shape index (κ2) is 3.97. The zero-order valence-electron chi connectivity index (χ0n) is 9.71. The van der Waals surface area contributed by atoms with Crippen molar-refractivity contribution in [3.8, 4) is 17.3 Å². The highest BCUT2D eigenvalue weighted by Crippen LogP contribution is 2.25. The van der Waals surface area contributed by atoms with Gasteiger partial charge in [0.1, 0.15) is 18.0 Å². The first-order valence-corrected chi connectivity index (χ1v) is 5.50. The second-order valence-corrected chi connectivity index (χ2v) is 3.94. The van der Waals surface area contributed by atoms with Crippen molar-refractivity contribution in [1.82, 2.24) is 9.97 Å². The fraction of sp³-hybridized carbons (Fsp3) is 0.0714. The van der Waals surface area contributed by atoms with Crippen LogP contribution in [0.1, 0.15) is 11.6 Å². The molecule has 2 heterocycles. The molecule has 0 atom stereocenters. The van der Waals surface area contributed by atoms with Crippen LogP contribution < -0.4 is 0 Å². The molecule has 3 aromatic rings. The van der Waals surface area contributed by atoms with E-state index in [1.807, 2.05) is 30.3 Å². The van der Waals surface area contributed by atoms with E-state index in [1.54, 1.807) is 13.2 Å². The lowest BCUT2D eigenvalue weighted by molar-refractivity contribution is 0.521. The molecule has 0 spiro atoms. The second-order valence-electron chi connectivity index (χ2n) is 3.94. The molecule has 0 aliphatic rings. The molecule has 0 radical (unpaired) electrons. The molecule has 18 heavy (non-hydrogen) atoms. The highest BCUT2D eigenvalue weighted by molar-refractivity contribution is 5.85. The van der Waals surface area contributed by atoms with Crippen LogP contribution in [0.2, 0.25) is 0 Å². The van der Waals surface area contributed by atoms with Gasteiger partial charge in [-0.2, -0.15) is 5.26 Å². The third kappa shape index (κ3) is 1.62. The van der Waals surface area contributed by atoms with Gasteiger partial charge < -0.3 is 4.42 Å². The number of aryl methyl sites for hydroxylation is 1. The molecule has 0 bridgehead atoms. The van der Waals surface area contributed by atoms with Gasteiger partial charge in [0.15, 0.2) is 11.6 Å². The van der Waals surface area contributed by atoms with E-state index in [9.17, 15) is 5.26 Å². The van der Waals surface area contributed by atoms with E-state index in [0.29, 0.717) is 22.8 Å². The lowest BCUT2D eigenvalue weighted by Crippen LogP contribution is -1.91. The van der Waals surface area contributed by atoms with E-state index in [4.69, 9.17) is 4.42 Å². The molecule has 0 N–H and O–H groups in total. The first-order valence-electron chi connectivity index (χ1n) is 5.50. The quantitative estimate of drug-likeness (QED) is 0.650. The average Bonchev–Trinajstić information content (AvgIpc) is 2.83. The van der Waals surface area contributed by atoms with E-state index in [2.05, 4.69) is 16.0 Å². The van der Waals surface area contributed by atoms with E-state index >= 15 is 0 Å². The Morgan fingerprint density at radius 3 is 2.78 bits per heavy atom. The van der Waals surface area contributed by atoms with Crippen molar-refractivity contribution in [3.63, 3.8) is 0 Å². The molecule has 0 saturated carbocycles. The van der Waals surface area contributed by atoms with Gasteiger partial charge >= 0.3 is 0 Å². The standard InChI is InChI=1S/C14H9N3O/c1-9-16-14(8-18-9)11-6-10-4-2-3-5-12(10)17-13(11)7-15/h2-6,8H,1H3. The molecule has 2 aromatic heterocycles. The Morgan fingerprint density at radius 1 is 1.22 bits per heavy atom. The molecule has 3 rings (SSSR count). The van der Waals surface area contributed by atoms with Gasteiger partial charge in [-0.25, -0.2) is 9.97 Å². The SMILES string of the molecule is Cc1nc(-c2cc3ccccc3nc2C#N)co1. The van der Waals surface area contributed by atoms with Crippen LogP contribution in [0.5, 0.6) is 0 Å². The summed E-state index contributed by atoms with van der Waals surface area (Å²) in [5.74, 6) is 0.571. The third-order valence-electron chi connectivity index (χ3n) is 2.72. The van der Waals surface area contributed by atoms with Crippen LogP contribution >= 0.6 is 0 Å². The van der Waals surface area contributed by atoms with Crippen LogP contribution in [-0.2, 0) is 0 Å². The Morgan fingerprint density at radius 2 is 2.06 bits per heavy atom. The molecule has 4 nitrogen and oxygen atoms in total. The molecule has 0 unspecified atom stereocenters. The van der Waals surface area contributed by atoms with Crippen molar-refractivity contribution >= 4 is 10.9 Å². The molecular weight excluding hydrogens is 226 g/mol. The van der Waals surface area contributed by atoms with Gasteiger partial charge in [-0.05, 0) is 12.1 Å². The summed E-state index contributed by atoms with van der Waals surface area (Å²) in [7, 11) is 0. The molecule has 1 aromatic carbocycles. The van der Waals surface area contributed by atoms with Crippen LogP contribution in [0.4, 0.5) is 0 Å². The Kier molecular flexibility index (Phi) is 2.31. The summed E-state index contributed by atoms with van der Waals surface area (Å²) in [6.07, 6.45) is 1.54. The minimum absolute atomic E-state index is 0.363. The smallest absolute Gasteiger partial charge is 0.191 e. The number of nitrogens with zero attached hydrogens (tertiary/aromatic N) is 3. The molecular formula is C14H9N3O. The number of hydrogen-bond donors (Lipinski definition) is 0. The molecule has 0 saturated heterocycles. The van der Waals surface area contributed by atoms with Gasteiger partial charge in [0.25, 0.3) is 0 Å². The fourth-order valence-corrected chi connectivity index (χ4v) is 1.88. The summed E-state index contributed by atoms with van der Waals surface area (Å²) in [6.45, 7) is 1.77. The summed E-state index contributed by atoms with van der Waals surface area (Å²) < 4.78 is 5.18. The summed E-state index contributed by atoms with van der Waals surface area (Å²) in [4.78, 5) is 8.58. The molecule has 0 fully saturated rings. The zero-order valence-corrected chi connectivity index (χ0v) is 9.71. The Hall–Kier alpha value is -2.67. The highest BCUT2D eigenvalue weighted by atomic mass is 16.3. The van der Waals surface area contributed by atoms with Crippen molar-refractivity contribution in [2.45, 2.75) is 6.92 Å². The Labute approximate surface area is 104 Å². The predicted molar refractivity (Wildman–Crippen MR) is 66.7 cm³/mol. The Bertz CT molecular complexity index is 768. The maximum absolute atomic E-state index is 9.18. The normalized spacial score (nSPS) is 10.4. The van der Waals surface area contributed by atoms with Crippen molar-refractivity contribution in [2.24, 2.45) is 0 Å². The number of aromatic nitrogens is 2. The van der Waals surface area contributed by atoms with Crippen molar-refractivity contribution in [1.29, 1.82) is 5.26 Å². The summed E-state index contributed by atoms with van der Waals surface area (Å²) >= 11 is 0. The molecule has 0 amide bonds. The molecule has 0 aliphatic carbocycles. The van der Waals surface area contributed by atoms with Gasteiger partial charge in [-0.1, -0.05) is 18.2 Å². The average molecular weight is 235 g/mol. The van der Waals surface area contributed by atoms with Crippen LogP contribution in [0, 0.1) is 18.3 Å². The van der Waals surface area contributed by atoms with Gasteiger partial charge in [0.05, 0.1) is 5.52 Å². The predicted octanol–water partition coefficient (Wildman–Crippen LogP) is 3.07. The third-order valence-corrected chi connectivity index (χ3v) is 2.72. The number of fused-ring (bicyclic) bond motifs is 1. The first-order chi connectivity index (χ1) is 8.78. The summed E-state index contributed by atoms with van der Waals surface area (Å²) in [5, 5.41) is 10.2. The van der Waals surface area contributed by atoms with Crippen molar-refractivity contribution < 1.29 is 4.42 Å². The number of benzene rings is 1. The minimum atomic E-state index is 0.363. The number of oxazole rings is 1. The van der Waals surface area contributed by atoms with Gasteiger partial charge in [-0.3, -0.25) is 0 Å². The van der Waals surface area contributed by atoms with E-state index in [0.717, 1.165) is 10.9 Å². The lowest BCUT2D eigenvalue weighted by Gasteiger charge is -2.02. The van der Waals surface area contributed by atoms with E-state index < -0.39 is 0 Å². The van der Waals surface area contributed by atoms with Crippen LogP contribution in [0.25, 0.3) is 22.2 Å². The first kappa shape index (κ1) is 10.5. The number of nitriles is 1. The van der Waals surface area contributed by atoms with Crippen molar-refractivity contribution in [2.75, 3.05) is 0 Å². The zero-order chi connectivity index (χ0) is 12.5. The lowest BCUT2D eigenvalue weighted by atomic mass is 10.1. The largest absolute Gasteiger partial charge is 0.449 e. The van der Waals surface area contributed by atoms with Gasteiger partial charge in [0.2, 0.25) is 0 Å².